The second kappa shape index (κ2) is 15.9. The lowest BCUT2D eigenvalue weighted by molar-refractivity contribution is -0.267. The van der Waals surface area contributed by atoms with Crippen molar-refractivity contribution in [2.45, 2.75) is 51.3 Å². The first-order valence-electron chi connectivity index (χ1n) is 14.6. The van der Waals surface area contributed by atoms with E-state index in [-0.39, 0.29) is 17.7 Å². The molecule has 0 saturated heterocycles. The van der Waals surface area contributed by atoms with E-state index in [2.05, 4.69) is 26.8 Å². The van der Waals surface area contributed by atoms with E-state index in [4.69, 9.17) is 14.3 Å². The number of aryl methyl sites for hydroxylation is 1. The SMILES string of the molecule is CCc1cc([C@@](O)(Cc2cc3c(c(OC)c2)NCC(C)=C3)C(F)(F)F)nc(-c2ccc(F)cc2)c1OCC1CC1.CON.NC=O. The monoisotopic (exact) mass is 648 g/mol. The number of ether oxygens (including phenoxy) is 2. The van der Waals surface area contributed by atoms with Gasteiger partial charge < -0.3 is 30.5 Å². The summed E-state index contributed by atoms with van der Waals surface area (Å²) in [6.07, 6.45) is -1.30. The Kier molecular flexibility index (Phi) is 12.5. The third-order valence-corrected chi connectivity index (χ3v) is 7.42. The number of rotatable bonds is 9. The summed E-state index contributed by atoms with van der Waals surface area (Å²) < 4.78 is 69.7. The van der Waals surface area contributed by atoms with Crippen LogP contribution in [-0.2, 0) is 28.1 Å². The third kappa shape index (κ3) is 8.74. The highest BCUT2D eigenvalue weighted by Gasteiger charge is 2.56. The number of hydrogen-bond acceptors (Lipinski definition) is 8. The molecule has 0 radical (unpaired) electrons. The fourth-order valence-corrected chi connectivity index (χ4v) is 4.95. The van der Waals surface area contributed by atoms with Crippen molar-refractivity contribution in [3.63, 3.8) is 0 Å². The normalized spacial score (nSPS) is 15.0. The molecule has 13 heteroatoms. The molecule has 250 valence electrons. The number of primary amides is 1. The summed E-state index contributed by atoms with van der Waals surface area (Å²) in [4.78, 5) is 16.7. The molecule has 1 aliphatic heterocycles. The van der Waals surface area contributed by atoms with E-state index in [1.807, 2.05) is 13.0 Å². The van der Waals surface area contributed by atoms with Gasteiger partial charge in [0.15, 0.2) is 0 Å². The molecule has 1 saturated carbocycles. The Bertz CT molecular complexity index is 1510. The molecule has 1 aliphatic carbocycles. The van der Waals surface area contributed by atoms with Crippen molar-refractivity contribution in [1.82, 2.24) is 4.98 Å². The molecular weight excluding hydrogens is 608 g/mol. The topological polar surface area (TPSA) is 142 Å². The lowest BCUT2D eigenvalue weighted by Gasteiger charge is -2.32. The van der Waals surface area contributed by atoms with Gasteiger partial charge in [-0.25, -0.2) is 15.3 Å². The third-order valence-electron chi connectivity index (χ3n) is 7.42. The van der Waals surface area contributed by atoms with Crippen LogP contribution in [0.2, 0.25) is 0 Å². The number of benzene rings is 2. The number of pyridine rings is 1. The number of anilines is 1. The van der Waals surface area contributed by atoms with E-state index in [1.165, 1.54) is 50.6 Å². The first kappa shape index (κ1) is 36.3. The number of nitrogens with one attached hydrogen (secondary N) is 1. The van der Waals surface area contributed by atoms with Gasteiger partial charge in [0.05, 0.1) is 32.2 Å². The second-order valence-electron chi connectivity index (χ2n) is 11.0. The lowest BCUT2D eigenvalue weighted by Crippen LogP contribution is -2.45. The molecule has 5 rings (SSSR count). The van der Waals surface area contributed by atoms with Gasteiger partial charge in [-0.2, -0.15) is 13.2 Å². The van der Waals surface area contributed by atoms with Crippen LogP contribution in [0.3, 0.4) is 0 Å². The maximum atomic E-state index is 14.8. The minimum absolute atomic E-state index is 0.142. The van der Waals surface area contributed by atoms with Crippen LogP contribution in [-0.4, -0.2) is 50.0 Å². The molecule has 0 bridgehead atoms. The molecule has 2 aromatic carbocycles. The number of carbonyl (C=O) groups excluding carboxylic acids is 1. The van der Waals surface area contributed by atoms with Gasteiger partial charge in [-0.1, -0.05) is 18.6 Å². The van der Waals surface area contributed by atoms with E-state index >= 15 is 0 Å². The van der Waals surface area contributed by atoms with Gasteiger partial charge in [0.2, 0.25) is 12.0 Å². The van der Waals surface area contributed by atoms with Crippen LogP contribution >= 0.6 is 0 Å². The van der Waals surface area contributed by atoms with Crippen molar-refractivity contribution in [2.75, 3.05) is 32.7 Å². The number of aliphatic hydroxyl groups is 1. The number of nitrogens with zero attached hydrogens (tertiary/aromatic N) is 1. The Morgan fingerprint density at radius 1 is 1.13 bits per heavy atom. The zero-order valence-electron chi connectivity index (χ0n) is 26.2. The molecule has 0 spiro atoms. The fraction of sp³-hybridized carbons (Fsp3) is 0.394. The number of carbonyl (C=O) groups is 1. The molecule has 1 fully saturated rings. The summed E-state index contributed by atoms with van der Waals surface area (Å²) in [5.74, 6) is 5.00. The van der Waals surface area contributed by atoms with Crippen molar-refractivity contribution in [2.24, 2.45) is 17.5 Å². The summed E-state index contributed by atoms with van der Waals surface area (Å²) in [5, 5.41) is 14.7. The van der Waals surface area contributed by atoms with Gasteiger partial charge in [-0.3, -0.25) is 4.79 Å². The summed E-state index contributed by atoms with van der Waals surface area (Å²) >= 11 is 0. The lowest BCUT2D eigenvalue weighted by atomic mass is 9.87. The number of amides is 1. The molecular formula is C33H40F4N4O5. The van der Waals surface area contributed by atoms with E-state index in [1.54, 1.807) is 13.0 Å². The smallest absolute Gasteiger partial charge is 0.423 e. The summed E-state index contributed by atoms with van der Waals surface area (Å²) in [5.41, 5.74) is 3.95. The standard InChI is InChI=1S/C31H32F4N2O3.CH5NO.CH3NO/c1-4-21-14-26(37-28(22-7-9-24(32)10-8-22)29(21)40-17-19-5-6-19)30(38,31(33,34)35)15-20-12-23-11-18(2)16-36-27(23)25(13-20)39-3;1-3-2;2-1-3/h7-14,19,36,38H,4-6,15-17H2,1-3H3;2H2,1H3;1H,(H2,2,3)/t30-;;/m0../s1. The number of nitrogens with two attached hydrogens (primary N) is 2. The van der Waals surface area contributed by atoms with Gasteiger partial charge in [0.1, 0.15) is 23.0 Å². The minimum Gasteiger partial charge on any atom is -0.495 e. The molecule has 9 nitrogen and oxygen atoms in total. The van der Waals surface area contributed by atoms with E-state index in [0.717, 1.165) is 18.4 Å². The van der Waals surface area contributed by atoms with Crippen molar-refractivity contribution in [3.8, 4) is 22.8 Å². The largest absolute Gasteiger partial charge is 0.495 e. The maximum Gasteiger partial charge on any atom is 0.423 e. The highest BCUT2D eigenvalue weighted by molar-refractivity contribution is 5.78. The van der Waals surface area contributed by atoms with Crippen LogP contribution in [0.4, 0.5) is 23.2 Å². The van der Waals surface area contributed by atoms with Gasteiger partial charge in [0, 0.05) is 24.1 Å². The average Bonchev–Trinajstić information content (AvgIpc) is 3.84. The molecule has 6 N–H and O–H groups in total. The Morgan fingerprint density at radius 2 is 1.76 bits per heavy atom. The highest BCUT2D eigenvalue weighted by Crippen LogP contribution is 2.45. The molecule has 1 aromatic heterocycles. The van der Waals surface area contributed by atoms with E-state index in [9.17, 15) is 22.7 Å². The van der Waals surface area contributed by atoms with Crippen LogP contribution < -0.4 is 26.4 Å². The zero-order valence-corrected chi connectivity index (χ0v) is 26.2. The van der Waals surface area contributed by atoms with Crippen LogP contribution in [0, 0.1) is 11.7 Å². The fourth-order valence-electron chi connectivity index (χ4n) is 4.95. The Labute approximate surface area is 265 Å². The predicted octanol–water partition coefficient (Wildman–Crippen LogP) is 5.68. The van der Waals surface area contributed by atoms with Crippen LogP contribution in [0.1, 0.15) is 49.1 Å². The number of aromatic nitrogens is 1. The van der Waals surface area contributed by atoms with Gasteiger partial charge in [-0.15, -0.1) is 0 Å². The van der Waals surface area contributed by atoms with Crippen molar-refractivity contribution >= 4 is 18.2 Å². The van der Waals surface area contributed by atoms with Crippen molar-refractivity contribution < 1.29 is 41.8 Å². The maximum absolute atomic E-state index is 14.8. The van der Waals surface area contributed by atoms with E-state index in [0.29, 0.717) is 59.4 Å². The molecule has 2 aliphatic rings. The summed E-state index contributed by atoms with van der Waals surface area (Å²) in [7, 11) is 2.85. The minimum atomic E-state index is -5.06. The zero-order chi connectivity index (χ0) is 34.1. The molecule has 0 unspecified atom stereocenters. The van der Waals surface area contributed by atoms with Gasteiger partial charge >= 0.3 is 6.18 Å². The highest BCUT2D eigenvalue weighted by atomic mass is 19.4. The number of alkyl halides is 3. The van der Waals surface area contributed by atoms with Crippen molar-refractivity contribution in [3.05, 3.63) is 76.2 Å². The van der Waals surface area contributed by atoms with Crippen LogP contribution in [0.5, 0.6) is 11.5 Å². The molecule has 1 amide bonds. The second-order valence-corrected chi connectivity index (χ2v) is 11.0. The van der Waals surface area contributed by atoms with Crippen LogP contribution in [0.15, 0.2) is 48.0 Å². The van der Waals surface area contributed by atoms with Crippen LogP contribution in [0.25, 0.3) is 17.3 Å². The van der Waals surface area contributed by atoms with Crippen molar-refractivity contribution in [1.29, 1.82) is 0 Å². The Balaban J connectivity index is 0.000000891. The number of methoxy groups -OCH3 is 1. The van der Waals surface area contributed by atoms with Gasteiger partial charge in [-0.05, 0) is 85.7 Å². The quantitative estimate of drug-likeness (QED) is 0.132. The van der Waals surface area contributed by atoms with Gasteiger partial charge in [0.25, 0.3) is 0 Å². The first-order valence-corrected chi connectivity index (χ1v) is 14.6. The Morgan fingerprint density at radius 3 is 2.30 bits per heavy atom. The molecule has 46 heavy (non-hydrogen) atoms. The summed E-state index contributed by atoms with van der Waals surface area (Å²) in [6.45, 7) is 4.74. The Hall–Kier alpha value is -4.20. The number of fused-ring (bicyclic) bond motifs is 1. The molecule has 3 aromatic rings. The summed E-state index contributed by atoms with van der Waals surface area (Å²) in [6, 6.07) is 9.76. The molecule has 2 heterocycles. The average molecular weight is 649 g/mol. The van der Waals surface area contributed by atoms with E-state index < -0.39 is 29.7 Å². The molecule has 1 atom stereocenters. The first-order chi connectivity index (χ1) is 21.8. The number of hydrogen-bond donors (Lipinski definition) is 4. The number of halogens is 4. The predicted molar refractivity (Wildman–Crippen MR) is 167 cm³/mol.